The van der Waals surface area contributed by atoms with Crippen molar-refractivity contribution < 1.29 is 14.6 Å². The van der Waals surface area contributed by atoms with Crippen LogP contribution in [-0.4, -0.2) is 61.5 Å². The highest BCUT2D eigenvalue weighted by Crippen LogP contribution is 2.38. The van der Waals surface area contributed by atoms with Crippen molar-refractivity contribution in [1.29, 1.82) is 0 Å². The summed E-state index contributed by atoms with van der Waals surface area (Å²) in [6.07, 6.45) is 4.28. The van der Waals surface area contributed by atoms with Crippen molar-refractivity contribution in [1.82, 2.24) is 19.4 Å². The minimum Gasteiger partial charge on any atom is -0.486 e. The predicted molar refractivity (Wildman–Crippen MR) is 111 cm³/mol. The molecule has 2 fully saturated rings. The average molecular weight is 417 g/mol. The molecule has 4 rings (SSSR count). The van der Waals surface area contributed by atoms with Crippen molar-refractivity contribution in [2.75, 3.05) is 18.8 Å². The monoisotopic (exact) mass is 416 g/mol. The molecule has 2 aromatic rings. The van der Waals surface area contributed by atoms with Crippen LogP contribution in [0, 0.1) is 25.7 Å². The van der Waals surface area contributed by atoms with Gasteiger partial charge in [-0.25, -0.2) is 4.98 Å². The highest BCUT2D eigenvalue weighted by atomic mass is 32.2. The fourth-order valence-corrected chi connectivity index (χ4v) is 5.23. The van der Waals surface area contributed by atoms with Gasteiger partial charge in [-0.3, -0.25) is 9.78 Å². The molecule has 1 aliphatic carbocycles. The number of nitrogens with zero attached hydrogens (tertiary/aromatic N) is 4. The Morgan fingerprint density at radius 3 is 2.72 bits per heavy atom. The minimum absolute atomic E-state index is 0.137. The molecule has 0 spiro atoms. The van der Waals surface area contributed by atoms with Gasteiger partial charge in [0.2, 0.25) is 5.91 Å². The van der Waals surface area contributed by atoms with Gasteiger partial charge in [-0.2, -0.15) is 0 Å². The maximum Gasteiger partial charge on any atom is 0.233 e. The number of hydrogen-bond acceptors (Lipinski definition) is 6. The fourth-order valence-electron chi connectivity index (χ4n) is 4.39. The van der Waals surface area contributed by atoms with Gasteiger partial charge in [0.1, 0.15) is 11.9 Å². The van der Waals surface area contributed by atoms with E-state index in [1.165, 1.54) is 11.8 Å². The first-order valence-electron chi connectivity index (χ1n) is 10.1. The first kappa shape index (κ1) is 20.2. The number of thioether (sulfide) groups is 1. The van der Waals surface area contributed by atoms with Gasteiger partial charge in [0.25, 0.3) is 0 Å². The Bertz CT molecular complexity index is 887. The third-order valence-electron chi connectivity index (χ3n) is 5.99. The number of rotatable bonds is 5. The van der Waals surface area contributed by atoms with Crippen LogP contribution in [0.1, 0.15) is 24.2 Å². The lowest BCUT2D eigenvalue weighted by Gasteiger charge is -2.35. The highest BCUT2D eigenvalue weighted by Gasteiger charge is 2.44. The van der Waals surface area contributed by atoms with Crippen LogP contribution >= 0.6 is 11.8 Å². The minimum atomic E-state index is -0.519. The maximum absolute atomic E-state index is 12.7. The van der Waals surface area contributed by atoms with Crippen molar-refractivity contribution in [2.24, 2.45) is 18.9 Å². The lowest BCUT2D eigenvalue weighted by Crippen LogP contribution is -2.42. The summed E-state index contributed by atoms with van der Waals surface area (Å²) in [5, 5.41) is 11.5. The Labute approximate surface area is 175 Å². The fraction of sp³-hybridized carbons (Fsp3) is 0.571. The van der Waals surface area contributed by atoms with Gasteiger partial charge in [-0.1, -0.05) is 11.8 Å². The van der Waals surface area contributed by atoms with Crippen molar-refractivity contribution in [3.05, 3.63) is 35.9 Å². The number of ether oxygens (including phenoxy) is 1. The van der Waals surface area contributed by atoms with Crippen LogP contribution < -0.4 is 4.74 Å². The summed E-state index contributed by atoms with van der Waals surface area (Å²) in [5.74, 6) is 1.96. The summed E-state index contributed by atoms with van der Waals surface area (Å²) in [4.78, 5) is 23.3. The number of aryl methyl sites for hydroxylation is 3. The molecule has 0 radical (unpaired) electrons. The number of fused-ring (bicyclic) bond motifs is 1. The lowest BCUT2D eigenvalue weighted by atomic mass is 9.78. The van der Waals surface area contributed by atoms with Crippen LogP contribution in [0.15, 0.2) is 29.7 Å². The molecule has 2 aromatic heterocycles. The number of pyridine rings is 1. The Balaban J connectivity index is 1.34. The van der Waals surface area contributed by atoms with E-state index in [0.29, 0.717) is 24.0 Å². The van der Waals surface area contributed by atoms with E-state index in [1.54, 1.807) is 6.20 Å². The number of aliphatic hydroxyl groups is 1. The molecule has 8 heteroatoms. The second kappa shape index (κ2) is 8.36. The van der Waals surface area contributed by atoms with Crippen molar-refractivity contribution >= 4 is 17.7 Å². The number of aromatic nitrogens is 3. The molecule has 0 bridgehead atoms. The number of carbonyl (C=O) groups excluding carboxylic acids is 1. The van der Waals surface area contributed by atoms with E-state index in [2.05, 4.69) is 9.97 Å². The molecule has 29 heavy (non-hydrogen) atoms. The van der Waals surface area contributed by atoms with E-state index in [-0.39, 0.29) is 12.0 Å². The summed E-state index contributed by atoms with van der Waals surface area (Å²) in [6.45, 7) is 5.34. The smallest absolute Gasteiger partial charge is 0.233 e. The second-order valence-electron chi connectivity index (χ2n) is 8.16. The van der Waals surface area contributed by atoms with Crippen LogP contribution in [0.4, 0.5) is 0 Å². The van der Waals surface area contributed by atoms with E-state index >= 15 is 0 Å². The summed E-state index contributed by atoms with van der Waals surface area (Å²) >= 11 is 1.47. The molecular weight excluding hydrogens is 388 g/mol. The van der Waals surface area contributed by atoms with Crippen LogP contribution in [0.3, 0.4) is 0 Å². The van der Waals surface area contributed by atoms with E-state index in [0.717, 1.165) is 41.8 Å². The topological polar surface area (TPSA) is 80.5 Å². The number of hydrogen-bond donors (Lipinski definition) is 1. The quantitative estimate of drug-likeness (QED) is 0.753. The molecule has 0 aromatic carbocycles. The van der Waals surface area contributed by atoms with Gasteiger partial charge >= 0.3 is 0 Å². The molecule has 1 aliphatic heterocycles. The van der Waals surface area contributed by atoms with Crippen LogP contribution in [-0.2, 0) is 11.8 Å². The van der Waals surface area contributed by atoms with Gasteiger partial charge in [-0.15, -0.1) is 0 Å². The molecule has 3 heterocycles. The molecule has 1 amide bonds. The van der Waals surface area contributed by atoms with Gasteiger partial charge in [0.05, 0.1) is 17.6 Å². The number of amides is 1. The summed E-state index contributed by atoms with van der Waals surface area (Å²) in [7, 11) is 1.93. The summed E-state index contributed by atoms with van der Waals surface area (Å²) in [5.41, 5.74) is 1.79. The largest absolute Gasteiger partial charge is 0.486 e. The predicted octanol–water partition coefficient (Wildman–Crippen LogP) is 2.20. The maximum atomic E-state index is 12.7. The lowest BCUT2D eigenvalue weighted by molar-refractivity contribution is -0.127. The first-order chi connectivity index (χ1) is 13.9. The Morgan fingerprint density at radius 1 is 1.28 bits per heavy atom. The zero-order valence-electron chi connectivity index (χ0n) is 17.1. The number of likely N-dealkylation sites (tertiary alicyclic amines) is 1. The molecule has 1 N–H and O–H groups in total. The Morgan fingerprint density at radius 2 is 2.03 bits per heavy atom. The summed E-state index contributed by atoms with van der Waals surface area (Å²) < 4.78 is 8.05. The van der Waals surface area contributed by atoms with Gasteiger partial charge in [-0.05, 0) is 50.7 Å². The van der Waals surface area contributed by atoms with E-state index < -0.39 is 6.10 Å². The van der Waals surface area contributed by atoms with Gasteiger partial charge in [0.15, 0.2) is 5.16 Å². The first-order valence-corrected chi connectivity index (χ1v) is 11.1. The van der Waals surface area contributed by atoms with Crippen LogP contribution in [0.5, 0.6) is 5.75 Å². The molecule has 0 unspecified atom stereocenters. The van der Waals surface area contributed by atoms with E-state index in [9.17, 15) is 9.90 Å². The second-order valence-corrected chi connectivity index (χ2v) is 9.10. The van der Waals surface area contributed by atoms with Crippen molar-refractivity contribution in [3.8, 4) is 5.75 Å². The normalized spacial score (nSPS) is 26.4. The summed E-state index contributed by atoms with van der Waals surface area (Å²) in [6, 6.07) is 3.85. The van der Waals surface area contributed by atoms with Crippen molar-refractivity contribution in [3.63, 3.8) is 0 Å². The Kier molecular flexibility index (Phi) is 5.83. The third-order valence-corrected chi connectivity index (χ3v) is 7.04. The standard InChI is InChI=1S/C21H28N4O3S/c1-13-4-5-18(14(2)23-13)28-19-9-16-11-25(10-15(16)8-17(19)26)20(27)12-29-21-22-6-7-24(21)3/h4-7,15-17,19,26H,8-12H2,1-3H3/t15-,16+,17+,19+/m0/s1. The zero-order valence-corrected chi connectivity index (χ0v) is 17.9. The van der Waals surface area contributed by atoms with Crippen LogP contribution in [0.2, 0.25) is 0 Å². The zero-order chi connectivity index (χ0) is 20.5. The van der Waals surface area contributed by atoms with E-state index in [4.69, 9.17) is 4.74 Å². The third kappa shape index (κ3) is 4.43. The molecular formula is C21H28N4O3S. The van der Waals surface area contributed by atoms with Crippen LogP contribution in [0.25, 0.3) is 0 Å². The number of imidazole rings is 1. The molecule has 1 saturated carbocycles. The SMILES string of the molecule is Cc1ccc(O[C@@H]2C[C@@H]3CN(C(=O)CSc4nccn4C)C[C@@H]3C[C@H]2O)c(C)n1. The molecule has 1 saturated heterocycles. The number of carbonyl (C=O) groups is 1. The average Bonchev–Trinajstić information content (AvgIpc) is 3.27. The van der Waals surface area contributed by atoms with Crippen molar-refractivity contribution in [2.45, 2.75) is 44.1 Å². The number of aliphatic hydroxyl groups excluding tert-OH is 1. The molecule has 156 valence electrons. The molecule has 2 aliphatic rings. The van der Waals surface area contributed by atoms with Gasteiger partial charge < -0.3 is 19.3 Å². The molecule has 4 atom stereocenters. The van der Waals surface area contributed by atoms with Gasteiger partial charge in [0, 0.05) is 38.2 Å². The molecule has 7 nitrogen and oxygen atoms in total. The van der Waals surface area contributed by atoms with E-state index in [1.807, 2.05) is 48.7 Å². The highest BCUT2D eigenvalue weighted by molar-refractivity contribution is 7.99. The Hall–Kier alpha value is -2.06.